The Morgan fingerprint density at radius 2 is 1.76 bits per heavy atom. The van der Waals surface area contributed by atoms with E-state index in [1.165, 1.54) is 16.7 Å². The number of aliphatic hydroxyl groups is 3. The zero-order chi connectivity index (χ0) is 30.9. The molecule has 0 bridgehead atoms. The molecular weight excluding hydrogens is 568 g/mol. The maximum Gasteiger partial charge on any atom is 0.171 e. The predicted octanol–water partition coefficient (Wildman–Crippen LogP) is 6.23. The van der Waals surface area contributed by atoms with Crippen molar-refractivity contribution in [3.8, 4) is 0 Å². The molecule has 7 heteroatoms. The highest BCUT2D eigenvalue weighted by molar-refractivity contribution is 5.45. The summed E-state index contributed by atoms with van der Waals surface area (Å²) in [5.74, 6) is 0.470. The average Bonchev–Trinajstić information content (AvgIpc) is 3.75. The lowest BCUT2D eigenvalue weighted by Crippen LogP contribution is -2.55. The van der Waals surface area contributed by atoms with Crippen LogP contribution < -0.4 is 0 Å². The second-order valence-corrected chi connectivity index (χ2v) is 15.6. The van der Waals surface area contributed by atoms with Crippen molar-refractivity contribution in [3.05, 3.63) is 58.7 Å². The van der Waals surface area contributed by atoms with Gasteiger partial charge in [0.25, 0.3) is 0 Å². The molecule has 246 valence electrons. The Bertz CT molecular complexity index is 1310. The third-order valence-electron chi connectivity index (χ3n) is 13.1. The summed E-state index contributed by atoms with van der Waals surface area (Å²) in [6.07, 6.45) is 15.1. The van der Waals surface area contributed by atoms with E-state index in [0.29, 0.717) is 50.4 Å². The lowest BCUT2D eigenvalue weighted by Gasteiger charge is -2.57. The monoisotopic (exact) mass is 620 g/mol. The van der Waals surface area contributed by atoms with Gasteiger partial charge in [0.15, 0.2) is 12.1 Å². The smallest absolute Gasteiger partial charge is 0.171 e. The minimum atomic E-state index is -0.930. The first-order valence-electron chi connectivity index (χ1n) is 17.9. The van der Waals surface area contributed by atoms with Crippen LogP contribution in [-0.2, 0) is 18.9 Å². The lowest BCUT2D eigenvalue weighted by molar-refractivity contribution is -0.208. The first-order valence-corrected chi connectivity index (χ1v) is 17.9. The maximum absolute atomic E-state index is 12.4. The van der Waals surface area contributed by atoms with Crippen LogP contribution in [0.25, 0.3) is 0 Å². The maximum atomic E-state index is 12.4. The van der Waals surface area contributed by atoms with E-state index in [4.69, 9.17) is 18.9 Å². The van der Waals surface area contributed by atoms with Gasteiger partial charge in [-0.1, -0.05) is 48.9 Å². The van der Waals surface area contributed by atoms with E-state index >= 15 is 0 Å². The van der Waals surface area contributed by atoms with Crippen LogP contribution in [0.4, 0.5) is 0 Å². The second-order valence-electron chi connectivity index (χ2n) is 15.6. The highest BCUT2D eigenvalue weighted by Crippen LogP contribution is 2.68. The van der Waals surface area contributed by atoms with E-state index in [0.717, 1.165) is 82.8 Å². The second kappa shape index (κ2) is 11.5. The van der Waals surface area contributed by atoms with Crippen LogP contribution in [0.5, 0.6) is 0 Å². The molecule has 0 radical (unpaired) electrons. The first kappa shape index (κ1) is 30.7. The molecule has 1 aromatic carbocycles. The zero-order valence-electron chi connectivity index (χ0n) is 26.9. The Balaban J connectivity index is 1.13. The predicted molar refractivity (Wildman–Crippen MR) is 169 cm³/mol. The fourth-order valence-corrected chi connectivity index (χ4v) is 10.5. The molecule has 0 aromatic heterocycles. The largest absolute Gasteiger partial charge is 0.388 e. The van der Waals surface area contributed by atoms with E-state index in [9.17, 15) is 15.3 Å². The minimum Gasteiger partial charge on any atom is -0.388 e. The van der Waals surface area contributed by atoms with Crippen molar-refractivity contribution in [1.82, 2.24) is 0 Å². The molecule has 7 nitrogen and oxygen atoms in total. The standard InChI is InChI=1S/C38H52O7/c1-35-23-29(25-6-8-26(9-7-25)34(39)27-10-11-27)33-28(12-16-36(40)24-38(18-14-31(33)36)44-21-22-45-38)30(35)13-17-37(35,41)15-4-20-43-32-5-2-3-19-42-32/h4,6-9,15,27-30,32,34,39-41H,2-3,5,10-14,16-24H2,1H3/b15-4-/t28?,29-,30?,32?,34?,35+,36-,37+/m1/s1. The van der Waals surface area contributed by atoms with Gasteiger partial charge in [-0.15, -0.1) is 0 Å². The SMILES string of the molecule is C[C@]12C[C@H](c3ccc(C(O)C4CC4)cc3)C3=C4CCC5(C[C@]4(O)CCC3C1CC[C@@]2(O)/C=C\COC1CCCCO1)OCCO5. The topological polar surface area (TPSA) is 97.6 Å². The lowest BCUT2D eigenvalue weighted by atomic mass is 9.49. The van der Waals surface area contributed by atoms with Crippen molar-refractivity contribution < 1.29 is 34.3 Å². The number of aliphatic hydroxyl groups excluding tert-OH is 1. The summed E-state index contributed by atoms with van der Waals surface area (Å²) in [5.41, 5.74) is 2.68. The summed E-state index contributed by atoms with van der Waals surface area (Å²) in [6, 6.07) is 8.65. The van der Waals surface area contributed by atoms with Crippen molar-refractivity contribution in [2.75, 3.05) is 26.4 Å². The molecule has 4 saturated carbocycles. The molecule has 8 atom stereocenters. The number of allylic oxidation sites excluding steroid dienone is 1. The van der Waals surface area contributed by atoms with Crippen molar-refractivity contribution in [3.63, 3.8) is 0 Å². The summed E-state index contributed by atoms with van der Waals surface area (Å²) in [6.45, 7) is 4.71. The zero-order valence-corrected chi connectivity index (χ0v) is 26.9. The van der Waals surface area contributed by atoms with Gasteiger partial charge in [-0.3, -0.25) is 0 Å². The number of fused-ring (bicyclic) bond motifs is 4. The fourth-order valence-electron chi connectivity index (χ4n) is 10.5. The molecule has 2 heterocycles. The highest BCUT2D eigenvalue weighted by Gasteiger charge is 2.64. The Morgan fingerprint density at radius 1 is 0.956 bits per heavy atom. The van der Waals surface area contributed by atoms with Crippen LogP contribution in [0.2, 0.25) is 0 Å². The van der Waals surface area contributed by atoms with Crippen LogP contribution in [0, 0.1) is 23.2 Å². The molecule has 6 fully saturated rings. The van der Waals surface area contributed by atoms with E-state index in [2.05, 4.69) is 31.2 Å². The molecule has 3 N–H and O–H groups in total. The fraction of sp³-hybridized carbons (Fsp3) is 0.737. The summed E-state index contributed by atoms with van der Waals surface area (Å²) >= 11 is 0. The van der Waals surface area contributed by atoms with Crippen molar-refractivity contribution in [1.29, 1.82) is 0 Å². The van der Waals surface area contributed by atoms with Gasteiger partial charge in [-0.05, 0) is 105 Å². The first-order chi connectivity index (χ1) is 21.7. The van der Waals surface area contributed by atoms with Gasteiger partial charge < -0.3 is 34.3 Å². The Kier molecular flexibility index (Phi) is 7.88. The molecular formula is C38H52O7. The summed E-state index contributed by atoms with van der Waals surface area (Å²) < 4.78 is 24.0. The van der Waals surface area contributed by atoms with Crippen LogP contribution in [0.15, 0.2) is 47.6 Å². The quantitative estimate of drug-likeness (QED) is 0.311. The molecule has 4 unspecified atom stereocenters. The Hall–Kier alpha value is -1.58. The van der Waals surface area contributed by atoms with Crippen LogP contribution in [0.1, 0.15) is 114 Å². The van der Waals surface area contributed by atoms with Crippen LogP contribution in [0.3, 0.4) is 0 Å². The van der Waals surface area contributed by atoms with E-state index < -0.39 is 23.1 Å². The third kappa shape index (κ3) is 5.29. The summed E-state index contributed by atoms with van der Waals surface area (Å²) in [5, 5.41) is 35.6. The molecule has 7 aliphatic rings. The van der Waals surface area contributed by atoms with Crippen LogP contribution in [-0.4, -0.2) is 65.0 Å². The normalized spacial score (nSPS) is 41.7. The molecule has 8 rings (SSSR count). The van der Waals surface area contributed by atoms with Crippen molar-refractivity contribution in [2.45, 2.75) is 126 Å². The highest BCUT2D eigenvalue weighted by atomic mass is 16.7. The van der Waals surface area contributed by atoms with Crippen LogP contribution >= 0.6 is 0 Å². The molecule has 2 aliphatic heterocycles. The number of ether oxygens (including phenoxy) is 4. The third-order valence-corrected chi connectivity index (χ3v) is 13.1. The molecule has 5 aliphatic carbocycles. The molecule has 45 heavy (non-hydrogen) atoms. The Labute approximate surface area is 268 Å². The van der Waals surface area contributed by atoms with Crippen molar-refractivity contribution in [2.24, 2.45) is 23.2 Å². The van der Waals surface area contributed by atoms with Gasteiger partial charge in [0.05, 0.1) is 37.1 Å². The molecule has 2 saturated heterocycles. The van der Waals surface area contributed by atoms with Gasteiger partial charge in [0, 0.05) is 30.8 Å². The molecule has 0 amide bonds. The number of benzene rings is 1. The van der Waals surface area contributed by atoms with E-state index in [-0.39, 0.29) is 17.6 Å². The summed E-state index contributed by atoms with van der Waals surface area (Å²) in [4.78, 5) is 0. The van der Waals surface area contributed by atoms with Crippen molar-refractivity contribution >= 4 is 0 Å². The van der Waals surface area contributed by atoms with Gasteiger partial charge >= 0.3 is 0 Å². The van der Waals surface area contributed by atoms with E-state index in [1.807, 2.05) is 12.2 Å². The van der Waals surface area contributed by atoms with Gasteiger partial charge in [0.1, 0.15) is 0 Å². The van der Waals surface area contributed by atoms with Gasteiger partial charge in [-0.25, -0.2) is 0 Å². The number of hydrogen-bond acceptors (Lipinski definition) is 7. The number of rotatable bonds is 7. The number of hydrogen-bond donors (Lipinski definition) is 3. The van der Waals surface area contributed by atoms with Gasteiger partial charge in [0.2, 0.25) is 0 Å². The van der Waals surface area contributed by atoms with Gasteiger partial charge in [-0.2, -0.15) is 0 Å². The van der Waals surface area contributed by atoms with E-state index in [1.54, 1.807) is 0 Å². The molecule has 1 aromatic rings. The average molecular weight is 621 g/mol. The Morgan fingerprint density at radius 3 is 2.49 bits per heavy atom. The summed E-state index contributed by atoms with van der Waals surface area (Å²) in [7, 11) is 0. The molecule has 1 spiro atoms. The minimum absolute atomic E-state index is 0.0922.